The molecule has 0 aliphatic heterocycles. The quantitative estimate of drug-likeness (QED) is 0.731. The van der Waals surface area contributed by atoms with Crippen LogP contribution in [0.2, 0.25) is 5.02 Å². The zero-order valence-corrected chi connectivity index (χ0v) is 13.4. The van der Waals surface area contributed by atoms with Gasteiger partial charge in [-0.3, -0.25) is 4.79 Å². The number of hydrogen-bond acceptors (Lipinski definition) is 2. The molecule has 0 radical (unpaired) electrons. The number of nitrogens with zero attached hydrogens (tertiary/aromatic N) is 2. The molecule has 0 amide bonds. The van der Waals surface area contributed by atoms with E-state index in [2.05, 4.69) is 4.98 Å². The first-order valence-electron chi connectivity index (χ1n) is 7.27. The number of pyridine rings is 1. The second kappa shape index (κ2) is 6.40. The van der Waals surface area contributed by atoms with Gasteiger partial charge in [0.15, 0.2) is 0 Å². The number of carboxylic acids is 1. The number of aromatic nitrogens is 2. The molecular weight excluding hydrogens is 357 g/mol. The van der Waals surface area contributed by atoms with Crippen molar-refractivity contribution in [2.45, 2.75) is 18.5 Å². The van der Waals surface area contributed by atoms with Crippen molar-refractivity contribution in [3.8, 4) is 0 Å². The van der Waals surface area contributed by atoms with Crippen LogP contribution in [0.4, 0.5) is 13.2 Å². The molecule has 1 unspecified atom stereocenters. The van der Waals surface area contributed by atoms with Crippen LogP contribution in [-0.2, 0) is 11.0 Å². The van der Waals surface area contributed by atoms with Gasteiger partial charge in [-0.2, -0.15) is 13.2 Å². The Labute approximate surface area is 145 Å². The lowest BCUT2D eigenvalue weighted by molar-refractivity contribution is -0.138. The van der Waals surface area contributed by atoms with Gasteiger partial charge in [-0.15, -0.1) is 0 Å². The summed E-state index contributed by atoms with van der Waals surface area (Å²) in [4.78, 5) is 15.5. The van der Waals surface area contributed by atoms with Crippen LogP contribution in [0.15, 0.2) is 48.8 Å². The maximum Gasteiger partial charge on any atom is 0.416 e. The molecule has 0 bridgehead atoms. The van der Waals surface area contributed by atoms with E-state index in [9.17, 15) is 23.1 Å². The maximum atomic E-state index is 13.0. The van der Waals surface area contributed by atoms with Crippen LogP contribution < -0.4 is 0 Å². The van der Waals surface area contributed by atoms with Gasteiger partial charge in [0.2, 0.25) is 0 Å². The summed E-state index contributed by atoms with van der Waals surface area (Å²) in [7, 11) is 0. The Balaban J connectivity index is 2.15. The molecule has 0 aliphatic rings. The lowest BCUT2D eigenvalue weighted by atomic mass is 9.91. The molecule has 2 aromatic heterocycles. The minimum Gasteiger partial charge on any atom is -0.481 e. The van der Waals surface area contributed by atoms with E-state index in [0.717, 1.165) is 12.1 Å². The van der Waals surface area contributed by atoms with Crippen LogP contribution in [-0.4, -0.2) is 20.5 Å². The van der Waals surface area contributed by atoms with E-state index in [1.807, 2.05) is 0 Å². The molecule has 8 heteroatoms. The molecule has 2 heterocycles. The molecule has 0 saturated carbocycles. The normalized spacial score (nSPS) is 13.1. The summed E-state index contributed by atoms with van der Waals surface area (Å²) in [6, 6.07) is 7.94. The first-order valence-corrected chi connectivity index (χ1v) is 7.65. The summed E-state index contributed by atoms with van der Waals surface area (Å²) < 4.78 is 40.6. The highest BCUT2D eigenvalue weighted by molar-refractivity contribution is 6.30. The van der Waals surface area contributed by atoms with E-state index >= 15 is 0 Å². The minimum absolute atomic E-state index is 0.249. The summed E-state index contributed by atoms with van der Waals surface area (Å²) in [5.41, 5.74) is 0.409. The molecule has 4 nitrogen and oxygen atoms in total. The number of carboxylic acid groups (broad SMARTS) is 1. The molecule has 130 valence electrons. The summed E-state index contributed by atoms with van der Waals surface area (Å²) in [5, 5.41) is 9.63. The van der Waals surface area contributed by atoms with Gasteiger partial charge in [-0.05, 0) is 23.8 Å². The third-order valence-electron chi connectivity index (χ3n) is 3.85. The first-order chi connectivity index (χ1) is 11.8. The van der Waals surface area contributed by atoms with Gasteiger partial charge < -0.3 is 9.51 Å². The first kappa shape index (κ1) is 17.3. The van der Waals surface area contributed by atoms with E-state index in [4.69, 9.17) is 11.6 Å². The molecule has 1 aromatic carbocycles. The van der Waals surface area contributed by atoms with Crippen molar-refractivity contribution < 1.29 is 23.1 Å². The van der Waals surface area contributed by atoms with Crippen molar-refractivity contribution in [3.05, 3.63) is 70.6 Å². The highest BCUT2D eigenvalue weighted by Gasteiger charge is 2.32. The van der Waals surface area contributed by atoms with Crippen LogP contribution in [0.25, 0.3) is 5.65 Å². The summed E-state index contributed by atoms with van der Waals surface area (Å²) >= 11 is 5.98. The van der Waals surface area contributed by atoms with Crippen molar-refractivity contribution >= 4 is 23.2 Å². The Morgan fingerprint density at radius 2 is 2.04 bits per heavy atom. The average Bonchev–Trinajstić information content (AvgIpc) is 2.94. The zero-order valence-electron chi connectivity index (χ0n) is 12.7. The molecule has 0 saturated heterocycles. The van der Waals surface area contributed by atoms with Crippen molar-refractivity contribution in [1.29, 1.82) is 0 Å². The molecule has 0 aliphatic carbocycles. The second-order valence-electron chi connectivity index (χ2n) is 5.53. The van der Waals surface area contributed by atoms with Crippen LogP contribution in [0, 0.1) is 0 Å². The standard InChI is InChI=1S/C17H12ClF3N2O2/c18-12-4-5-15-22-8-14(23(15)9-12)13(7-16(24)25)10-2-1-3-11(6-10)17(19,20)21/h1-6,8-9,13H,7H2,(H,24,25). The Morgan fingerprint density at radius 3 is 2.72 bits per heavy atom. The summed E-state index contributed by atoms with van der Waals surface area (Å²) in [5.74, 6) is -1.92. The zero-order chi connectivity index (χ0) is 18.2. The highest BCUT2D eigenvalue weighted by atomic mass is 35.5. The van der Waals surface area contributed by atoms with Gasteiger partial charge in [0.05, 0.1) is 22.7 Å². The second-order valence-corrected chi connectivity index (χ2v) is 5.97. The minimum atomic E-state index is -4.51. The number of hydrogen-bond donors (Lipinski definition) is 1. The number of rotatable bonds is 4. The number of halogens is 4. The maximum absolute atomic E-state index is 13.0. The number of carbonyl (C=O) groups is 1. The molecule has 3 rings (SSSR count). The summed E-state index contributed by atoms with van der Waals surface area (Å²) in [6.45, 7) is 0. The molecule has 25 heavy (non-hydrogen) atoms. The third-order valence-corrected chi connectivity index (χ3v) is 4.07. The fourth-order valence-corrected chi connectivity index (χ4v) is 2.89. The Morgan fingerprint density at radius 1 is 1.28 bits per heavy atom. The van der Waals surface area contributed by atoms with Crippen LogP contribution in [0.1, 0.15) is 29.2 Å². The van der Waals surface area contributed by atoms with E-state index in [-0.39, 0.29) is 12.0 Å². The average molecular weight is 369 g/mol. The van der Waals surface area contributed by atoms with Crippen molar-refractivity contribution in [3.63, 3.8) is 0 Å². The van der Waals surface area contributed by atoms with E-state index < -0.39 is 23.6 Å². The molecule has 0 fully saturated rings. The van der Waals surface area contributed by atoms with Crippen LogP contribution in [0.3, 0.4) is 0 Å². The Kier molecular flexibility index (Phi) is 4.43. The molecule has 0 spiro atoms. The number of benzene rings is 1. The predicted molar refractivity (Wildman–Crippen MR) is 85.7 cm³/mol. The SMILES string of the molecule is O=C(O)CC(c1cccc(C(F)(F)F)c1)c1cnc2ccc(Cl)cn12. The number of fused-ring (bicyclic) bond motifs is 1. The molecule has 1 N–H and O–H groups in total. The fraction of sp³-hybridized carbons (Fsp3) is 0.176. The van der Waals surface area contributed by atoms with Crippen molar-refractivity contribution in [2.75, 3.05) is 0 Å². The van der Waals surface area contributed by atoms with Gasteiger partial charge in [0, 0.05) is 18.3 Å². The van der Waals surface area contributed by atoms with E-state index in [1.165, 1.54) is 18.3 Å². The third kappa shape index (κ3) is 3.61. The van der Waals surface area contributed by atoms with Gasteiger partial charge in [-0.25, -0.2) is 4.98 Å². The highest BCUT2D eigenvalue weighted by Crippen LogP contribution is 2.34. The van der Waals surface area contributed by atoms with Crippen LogP contribution >= 0.6 is 11.6 Å². The number of imidazole rings is 1. The Hall–Kier alpha value is -2.54. The lowest BCUT2D eigenvalue weighted by Gasteiger charge is -2.17. The van der Waals surface area contributed by atoms with Gasteiger partial charge in [-0.1, -0.05) is 29.8 Å². The predicted octanol–water partition coefficient (Wildman–Crippen LogP) is 4.61. The number of alkyl halides is 3. The van der Waals surface area contributed by atoms with Crippen LogP contribution in [0.5, 0.6) is 0 Å². The molecular formula is C17H12ClF3N2O2. The monoisotopic (exact) mass is 368 g/mol. The van der Waals surface area contributed by atoms with Gasteiger partial charge in [0.25, 0.3) is 0 Å². The smallest absolute Gasteiger partial charge is 0.416 e. The lowest BCUT2D eigenvalue weighted by Crippen LogP contribution is -2.12. The van der Waals surface area contributed by atoms with E-state index in [1.54, 1.807) is 22.7 Å². The fourth-order valence-electron chi connectivity index (χ4n) is 2.73. The van der Waals surface area contributed by atoms with E-state index in [0.29, 0.717) is 16.4 Å². The topological polar surface area (TPSA) is 54.6 Å². The van der Waals surface area contributed by atoms with Crippen molar-refractivity contribution in [1.82, 2.24) is 9.38 Å². The molecule has 1 atom stereocenters. The summed E-state index contributed by atoms with van der Waals surface area (Å²) in [6.07, 6.45) is -1.87. The molecule has 3 aromatic rings. The van der Waals surface area contributed by atoms with Gasteiger partial charge >= 0.3 is 12.1 Å². The van der Waals surface area contributed by atoms with Gasteiger partial charge in [0.1, 0.15) is 5.65 Å². The Bertz CT molecular complexity index is 937. The van der Waals surface area contributed by atoms with Crippen molar-refractivity contribution in [2.24, 2.45) is 0 Å². The largest absolute Gasteiger partial charge is 0.481 e. The number of aliphatic carboxylic acids is 1.